The Morgan fingerprint density at radius 2 is 1.59 bits per heavy atom. The topological polar surface area (TPSA) is 0 Å². The van der Waals surface area contributed by atoms with E-state index in [2.05, 4.69) is 52.9 Å². The van der Waals surface area contributed by atoms with Gasteiger partial charge >= 0.3 is 0 Å². The van der Waals surface area contributed by atoms with Gasteiger partial charge in [-0.25, -0.2) is 0 Å². The lowest BCUT2D eigenvalue weighted by molar-refractivity contribution is 1.53. The standard InChI is InChI=1S/C16H9I/c17-16-9-4-2-1-3-8(9)5-13-11-6-10(11)12-7-14(12)15(13)16/h1-5H,6-7H2. The zero-order chi connectivity index (χ0) is 11.1. The highest BCUT2D eigenvalue weighted by Crippen LogP contribution is 2.51. The van der Waals surface area contributed by atoms with Gasteiger partial charge in [0.2, 0.25) is 0 Å². The van der Waals surface area contributed by atoms with E-state index >= 15 is 0 Å². The Morgan fingerprint density at radius 1 is 0.824 bits per heavy atom. The van der Waals surface area contributed by atoms with E-state index in [4.69, 9.17) is 0 Å². The Balaban J connectivity index is 2.13. The van der Waals surface area contributed by atoms with E-state index in [1.807, 2.05) is 0 Å². The van der Waals surface area contributed by atoms with Gasteiger partial charge < -0.3 is 0 Å². The Kier molecular flexibility index (Phi) is 1.40. The summed E-state index contributed by atoms with van der Waals surface area (Å²) in [4.78, 5) is 0. The molecule has 2 aliphatic rings. The third kappa shape index (κ3) is 0.998. The minimum atomic E-state index is 1.25. The summed E-state index contributed by atoms with van der Waals surface area (Å²) in [7, 11) is 0. The van der Waals surface area contributed by atoms with Crippen LogP contribution in [0.25, 0.3) is 21.5 Å². The van der Waals surface area contributed by atoms with Gasteiger partial charge in [0.25, 0.3) is 0 Å². The lowest BCUT2D eigenvalue weighted by atomic mass is 10.0. The van der Waals surface area contributed by atoms with Crippen LogP contribution in [0, 0.1) is 3.57 Å². The average molecular weight is 328 g/mol. The molecule has 3 aromatic rings. The van der Waals surface area contributed by atoms with Crippen molar-refractivity contribution in [3.63, 3.8) is 0 Å². The van der Waals surface area contributed by atoms with Gasteiger partial charge in [0.1, 0.15) is 0 Å². The molecule has 0 saturated heterocycles. The Hall–Kier alpha value is -1.09. The molecule has 17 heavy (non-hydrogen) atoms. The second-order valence-electron chi connectivity index (χ2n) is 5.10. The number of fused-ring (bicyclic) bond motifs is 7. The van der Waals surface area contributed by atoms with Crippen LogP contribution in [-0.2, 0) is 12.8 Å². The zero-order valence-electron chi connectivity index (χ0n) is 9.18. The maximum absolute atomic E-state index is 2.54. The molecule has 3 aromatic carbocycles. The number of halogens is 1. The van der Waals surface area contributed by atoms with Gasteiger partial charge in [-0.2, -0.15) is 0 Å². The van der Waals surface area contributed by atoms with Gasteiger partial charge in [-0.3, -0.25) is 0 Å². The molecule has 0 fully saturated rings. The maximum Gasteiger partial charge on any atom is 0.0290 e. The summed E-state index contributed by atoms with van der Waals surface area (Å²) < 4.78 is 1.46. The molecule has 2 aliphatic carbocycles. The molecule has 0 aliphatic heterocycles. The van der Waals surface area contributed by atoms with Crippen LogP contribution < -0.4 is 0 Å². The monoisotopic (exact) mass is 328 g/mol. The van der Waals surface area contributed by atoms with Gasteiger partial charge in [-0.15, -0.1) is 0 Å². The summed E-state index contributed by atoms with van der Waals surface area (Å²) in [6.07, 6.45) is 2.50. The fourth-order valence-corrected chi connectivity index (χ4v) is 4.28. The second-order valence-corrected chi connectivity index (χ2v) is 6.18. The normalized spacial score (nSPS) is 14.9. The van der Waals surface area contributed by atoms with Crippen LogP contribution in [0.5, 0.6) is 0 Å². The van der Waals surface area contributed by atoms with Crippen LogP contribution in [0.15, 0.2) is 30.3 Å². The van der Waals surface area contributed by atoms with E-state index in [1.54, 1.807) is 27.6 Å². The summed E-state index contributed by atoms with van der Waals surface area (Å²) in [6, 6.07) is 11.2. The fourth-order valence-electron chi connectivity index (χ4n) is 3.18. The molecule has 0 aromatic heterocycles. The van der Waals surface area contributed by atoms with Crippen molar-refractivity contribution in [2.45, 2.75) is 12.8 Å². The molecule has 0 spiro atoms. The molecule has 0 radical (unpaired) electrons. The highest BCUT2D eigenvalue weighted by atomic mass is 127. The van der Waals surface area contributed by atoms with Crippen LogP contribution in [0.2, 0.25) is 0 Å². The quantitative estimate of drug-likeness (QED) is 0.292. The molecule has 1 heteroatoms. The smallest absolute Gasteiger partial charge is 0.0290 e. The molecule has 0 atom stereocenters. The summed E-state index contributed by atoms with van der Waals surface area (Å²) >= 11 is 2.54. The fraction of sp³-hybridized carbons (Fsp3) is 0.125. The molecule has 0 saturated carbocycles. The van der Waals surface area contributed by atoms with Crippen LogP contribution in [0.3, 0.4) is 0 Å². The summed E-state index contributed by atoms with van der Waals surface area (Å²) in [5, 5.41) is 5.88. The molecule has 0 bridgehead atoms. The Bertz CT molecular complexity index is 843. The van der Waals surface area contributed by atoms with Crippen molar-refractivity contribution in [1.82, 2.24) is 0 Å². The van der Waals surface area contributed by atoms with E-state index < -0.39 is 0 Å². The van der Waals surface area contributed by atoms with Crippen LogP contribution in [0.1, 0.15) is 22.3 Å². The van der Waals surface area contributed by atoms with Crippen LogP contribution >= 0.6 is 22.6 Å². The van der Waals surface area contributed by atoms with Crippen molar-refractivity contribution in [3.05, 3.63) is 56.2 Å². The minimum Gasteiger partial charge on any atom is -0.0616 e. The highest BCUT2D eigenvalue weighted by Gasteiger charge is 2.36. The predicted molar refractivity (Wildman–Crippen MR) is 79.8 cm³/mol. The van der Waals surface area contributed by atoms with Gasteiger partial charge in [-0.05, 0) is 85.3 Å². The number of benzene rings is 3. The van der Waals surface area contributed by atoms with Crippen LogP contribution in [-0.4, -0.2) is 0 Å². The summed E-state index contributed by atoms with van der Waals surface area (Å²) in [5.74, 6) is 0. The first kappa shape index (κ1) is 8.92. The van der Waals surface area contributed by atoms with Gasteiger partial charge in [0.05, 0.1) is 0 Å². The Morgan fingerprint density at radius 3 is 2.53 bits per heavy atom. The molecule has 80 valence electrons. The largest absolute Gasteiger partial charge is 0.0616 e. The van der Waals surface area contributed by atoms with Crippen molar-refractivity contribution < 1.29 is 0 Å². The van der Waals surface area contributed by atoms with E-state index in [0.717, 1.165) is 0 Å². The van der Waals surface area contributed by atoms with Crippen molar-refractivity contribution in [3.8, 4) is 0 Å². The van der Waals surface area contributed by atoms with Crippen molar-refractivity contribution >= 4 is 44.1 Å². The average Bonchev–Trinajstić information content (AvgIpc) is 3.20. The molecule has 0 amide bonds. The van der Waals surface area contributed by atoms with Crippen molar-refractivity contribution in [1.29, 1.82) is 0 Å². The first-order chi connectivity index (χ1) is 8.34. The minimum absolute atomic E-state index is 1.25. The first-order valence-corrected chi connectivity index (χ1v) is 7.09. The van der Waals surface area contributed by atoms with E-state index in [1.165, 1.54) is 32.6 Å². The van der Waals surface area contributed by atoms with Gasteiger partial charge in [0.15, 0.2) is 0 Å². The molecular weight excluding hydrogens is 319 g/mol. The lowest BCUT2D eigenvalue weighted by Gasteiger charge is -2.05. The predicted octanol–water partition coefficient (Wildman–Crippen LogP) is 4.41. The first-order valence-electron chi connectivity index (χ1n) is 6.01. The SMILES string of the molecule is Ic1c2ccccc2cc2c3c(c4c(c12)C4)C3. The molecular formula is C16H9I. The summed E-state index contributed by atoms with van der Waals surface area (Å²) in [6.45, 7) is 0. The highest BCUT2D eigenvalue weighted by molar-refractivity contribution is 14.1. The van der Waals surface area contributed by atoms with Crippen LogP contribution in [0.4, 0.5) is 0 Å². The summed E-state index contributed by atoms with van der Waals surface area (Å²) in [5.41, 5.74) is 6.59. The van der Waals surface area contributed by atoms with E-state index in [-0.39, 0.29) is 0 Å². The van der Waals surface area contributed by atoms with E-state index in [0.29, 0.717) is 0 Å². The van der Waals surface area contributed by atoms with Crippen molar-refractivity contribution in [2.75, 3.05) is 0 Å². The molecule has 5 rings (SSSR count). The number of rotatable bonds is 0. The lowest BCUT2D eigenvalue weighted by Crippen LogP contribution is -1.82. The maximum atomic E-state index is 2.54. The number of hydrogen-bond acceptors (Lipinski definition) is 0. The third-order valence-corrected chi connectivity index (χ3v) is 5.28. The zero-order valence-corrected chi connectivity index (χ0v) is 11.3. The van der Waals surface area contributed by atoms with Gasteiger partial charge in [0, 0.05) is 3.57 Å². The van der Waals surface area contributed by atoms with E-state index in [9.17, 15) is 0 Å². The third-order valence-electron chi connectivity index (χ3n) is 4.16. The molecule has 0 heterocycles. The molecule has 0 N–H and O–H groups in total. The second kappa shape index (κ2) is 2.66. The Labute approximate surface area is 113 Å². The molecule has 0 unspecified atom stereocenters. The number of hydrogen-bond donors (Lipinski definition) is 0. The van der Waals surface area contributed by atoms with Gasteiger partial charge in [-0.1, -0.05) is 24.3 Å². The van der Waals surface area contributed by atoms with Crippen molar-refractivity contribution in [2.24, 2.45) is 0 Å². The molecule has 0 nitrogen and oxygen atoms in total.